The quantitative estimate of drug-likeness (QED) is 0.723. The van der Waals surface area contributed by atoms with Gasteiger partial charge < -0.3 is 4.90 Å². The van der Waals surface area contributed by atoms with Gasteiger partial charge in [-0.1, -0.05) is 53.6 Å². The minimum absolute atomic E-state index is 0.0136. The van der Waals surface area contributed by atoms with E-state index >= 15 is 0 Å². The van der Waals surface area contributed by atoms with Crippen molar-refractivity contribution < 1.29 is 9.59 Å². The average molecular weight is 418 g/mol. The van der Waals surface area contributed by atoms with Crippen LogP contribution >= 0.6 is 46.7 Å². The number of benzene rings is 1. The number of hydrogen-bond donors (Lipinski definition) is 0. The van der Waals surface area contributed by atoms with Crippen molar-refractivity contribution in [3.63, 3.8) is 0 Å². The number of carbonyl (C=O) groups excluding carboxylic acids is 2. The molecule has 0 saturated carbocycles. The lowest BCUT2D eigenvalue weighted by Gasteiger charge is -2.19. The normalized spacial score (nSPS) is 22.3. The van der Waals surface area contributed by atoms with E-state index in [0.717, 1.165) is 5.75 Å². The maximum Gasteiger partial charge on any atom is 0.281 e. The van der Waals surface area contributed by atoms with Crippen molar-refractivity contribution in [2.75, 3.05) is 25.4 Å². The summed E-state index contributed by atoms with van der Waals surface area (Å²) in [6, 6.07) is 5.14. The molecule has 3 rings (SSSR count). The van der Waals surface area contributed by atoms with E-state index in [-0.39, 0.29) is 16.4 Å². The number of amidine groups is 1. The standard InChI is InChI=1S/C16H17Cl2N3O2S2/c1-10-9-21(14(22)4-5-20-6-7-24-16(20)23)15(25-10)19-11-2-3-12(17)13(18)8-11/h2-3,8,10H,4-7,9H2,1H3. The first-order valence-electron chi connectivity index (χ1n) is 7.86. The summed E-state index contributed by atoms with van der Waals surface area (Å²) in [4.78, 5) is 32.2. The topological polar surface area (TPSA) is 53.0 Å². The molecule has 1 aromatic carbocycles. The monoisotopic (exact) mass is 417 g/mol. The molecule has 2 fully saturated rings. The fourth-order valence-corrected chi connectivity index (χ4v) is 4.76. The smallest absolute Gasteiger partial charge is 0.281 e. The molecule has 0 aliphatic carbocycles. The van der Waals surface area contributed by atoms with E-state index in [1.54, 1.807) is 39.8 Å². The number of rotatable bonds is 4. The van der Waals surface area contributed by atoms with Crippen LogP contribution in [0.25, 0.3) is 0 Å². The molecule has 25 heavy (non-hydrogen) atoms. The SMILES string of the molecule is CC1CN(C(=O)CCN2CCSC2=O)C(=Nc2ccc(Cl)c(Cl)c2)S1. The maximum absolute atomic E-state index is 12.6. The number of halogens is 2. The van der Waals surface area contributed by atoms with Crippen LogP contribution in [0.4, 0.5) is 10.5 Å². The molecule has 1 atom stereocenters. The van der Waals surface area contributed by atoms with E-state index in [0.29, 0.717) is 47.0 Å². The third-order valence-electron chi connectivity index (χ3n) is 3.85. The lowest BCUT2D eigenvalue weighted by molar-refractivity contribution is -0.127. The third kappa shape index (κ3) is 4.64. The highest BCUT2D eigenvalue weighted by Crippen LogP contribution is 2.31. The molecule has 0 bridgehead atoms. The van der Waals surface area contributed by atoms with Crippen LogP contribution in [0.15, 0.2) is 23.2 Å². The molecule has 2 saturated heterocycles. The molecule has 134 valence electrons. The number of aliphatic imine (C=N–C) groups is 1. The Kier molecular flexibility index (Phi) is 6.20. The van der Waals surface area contributed by atoms with Crippen LogP contribution in [-0.2, 0) is 4.79 Å². The van der Waals surface area contributed by atoms with Gasteiger partial charge in [0.15, 0.2) is 5.17 Å². The molecule has 2 heterocycles. The van der Waals surface area contributed by atoms with Crippen molar-refractivity contribution in [3.05, 3.63) is 28.2 Å². The van der Waals surface area contributed by atoms with Gasteiger partial charge in [0.05, 0.1) is 15.7 Å². The Bertz CT molecular complexity index is 729. The van der Waals surface area contributed by atoms with Crippen molar-refractivity contribution in [1.29, 1.82) is 0 Å². The average Bonchev–Trinajstić information content (AvgIpc) is 3.14. The zero-order chi connectivity index (χ0) is 18.0. The van der Waals surface area contributed by atoms with E-state index in [4.69, 9.17) is 23.2 Å². The van der Waals surface area contributed by atoms with E-state index < -0.39 is 0 Å². The Morgan fingerprint density at radius 1 is 1.36 bits per heavy atom. The summed E-state index contributed by atoms with van der Waals surface area (Å²) in [6.45, 7) is 3.85. The number of hydrogen-bond acceptors (Lipinski definition) is 5. The first kappa shape index (κ1) is 18.9. The zero-order valence-corrected chi connectivity index (χ0v) is 16.7. The van der Waals surface area contributed by atoms with Gasteiger partial charge >= 0.3 is 0 Å². The van der Waals surface area contributed by atoms with E-state index in [1.807, 2.05) is 0 Å². The van der Waals surface area contributed by atoms with Crippen molar-refractivity contribution in [1.82, 2.24) is 9.80 Å². The minimum Gasteiger partial charge on any atom is -0.332 e. The highest BCUT2D eigenvalue weighted by molar-refractivity contribution is 8.14. The molecule has 0 aromatic heterocycles. The van der Waals surface area contributed by atoms with Crippen LogP contribution in [0.3, 0.4) is 0 Å². The van der Waals surface area contributed by atoms with Crippen molar-refractivity contribution >= 4 is 68.7 Å². The summed E-state index contributed by atoms with van der Waals surface area (Å²) < 4.78 is 0. The molecule has 2 aliphatic rings. The molecular formula is C16H17Cl2N3O2S2. The van der Waals surface area contributed by atoms with Crippen LogP contribution < -0.4 is 0 Å². The van der Waals surface area contributed by atoms with Crippen LogP contribution in [0.5, 0.6) is 0 Å². The molecule has 2 amide bonds. The molecular weight excluding hydrogens is 401 g/mol. The predicted molar refractivity (Wildman–Crippen MR) is 106 cm³/mol. The molecule has 1 unspecified atom stereocenters. The van der Waals surface area contributed by atoms with Gasteiger partial charge in [0.2, 0.25) is 5.91 Å². The van der Waals surface area contributed by atoms with Crippen molar-refractivity contribution in [2.24, 2.45) is 4.99 Å². The fraction of sp³-hybridized carbons (Fsp3) is 0.438. The third-order valence-corrected chi connectivity index (χ3v) is 6.55. The highest BCUT2D eigenvalue weighted by atomic mass is 35.5. The molecule has 0 N–H and O–H groups in total. The summed E-state index contributed by atoms with van der Waals surface area (Å²) in [5.41, 5.74) is 0.662. The van der Waals surface area contributed by atoms with Gasteiger partial charge in [-0.15, -0.1) is 0 Å². The Labute approximate surface area is 165 Å². The van der Waals surface area contributed by atoms with E-state index in [9.17, 15) is 9.59 Å². The minimum atomic E-state index is -0.0136. The Morgan fingerprint density at radius 3 is 2.84 bits per heavy atom. The van der Waals surface area contributed by atoms with Crippen molar-refractivity contribution in [3.8, 4) is 0 Å². The van der Waals surface area contributed by atoms with Gasteiger partial charge in [-0.25, -0.2) is 4.99 Å². The molecule has 9 heteroatoms. The van der Waals surface area contributed by atoms with Gasteiger partial charge in [-0.3, -0.25) is 14.5 Å². The predicted octanol–water partition coefficient (Wildman–Crippen LogP) is 4.50. The molecule has 0 spiro atoms. The molecule has 5 nitrogen and oxygen atoms in total. The van der Waals surface area contributed by atoms with Gasteiger partial charge in [0, 0.05) is 37.1 Å². The van der Waals surface area contributed by atoms with Gasteiger partial charge in [-0.05, 0) is 18.2 Å². The van der Waals surface area contributed by atoms with Crippen LogP contribution in [0, 0.1) is 0 Å². The lowest BCUT2D eigenvalue weighted by atomic mass is 10.3. The van der Waals surface area contributed by atoms with Crippen molar-refractivity contribution in [2.45, 2.75) is 18.6 Å². The Balaban J connectivity index is 1.70. The maximum atomic E-state index is 12.6. The largest absolute Gasteiger partial charge is 0.332 e. The zero-order valence-electron chi connectivity index (χ0n) is 13.6. The number of nitrogens with zero attached hydrogens (tertiary/aromatic N) is 3. The summed E-state index contributed by atoms with van der Waals surface area (Å²) in [7, 11) is 0. The van der Waals surface area contributed by atoms with Crippen LogP contribution in [-0.4, -0.2) is 56.8 Å². The summed E-state index contributed by atoms with van der Waals surface area (Å²) in [5, 5.41) is 1.90. The summed E-state index contributed by atoms with van der Waals surface area (Å²) in [5.74, 6) is 0.786. The van der Waals surface area contributed by atoms with Gasteiger partial charge in [-0.2, -0.15) is 0 Å². The second-order valence-electron chi connectivity index (χ2n) is 5.78. The second-order valence-corrected chi connectivity index (χ2v) is 9.04. The fourth-order valence-electron chi connectivity index (χ4n) is 2.57. The first-order chi connectivity index (χ1) is 11.9. The van der Waals surface area contributed by atoms with Crippen LogP contribution in [0.2, 0.25) is 10.0 Å². The van der Waals surface area contributed by atoms with E-state index in [1.165, 1.54) is 11.8 Å². The van der Waals surface area contributed by atoms with E-state index in [2.05, 4.69) is 11.9 Å². The van der Waals surface area contributed by atoms with Gasteiger partial charge in [0.25, 0.3) is 5.24 Å². The van der Waals surface area contributed by atoms with Crippen LogP contribution in [0.1, 0.15) is 13.3 Å². The molecule has 0 radical (unpaired) electrons. The Hall–Kier alpha value is -0.890. The summed E-state index contributed by atoms with van der Waals surface area (Å²) >= 11 is 14.8. The number of carbonyl (C=O) groups is 2. The summed E-state index contributed by atoms with van der Waals surface area (Å²) in [6.07, 6.45) is 0.306. The number of amides is 2. The number of thioether (sulfide) groups is 2. The molecule has 1 aromatic rings. The Morgan fingerprint density at radius 2 is 2.16 bits per heavy atom. The first-order valence-corrected chi connectivity index (χ1v) is 10.5. The lowest BCUT2D eigenvalue weighted by Crippen LogP contribution is -2.35. The molecule has 2 aliphatic heterocycles. The second kappa shape index (κ2) is 8.20. The van der Waals surface area contributed by atoms with Gasteiger partial charge in [0.1, 0.15) is 0 Å². The highest BCUT2D eigenvalue weighted by Gasteiger charge is 2.31.